The Balaban J connectivity index is 1.22. The maximum absolute atomic E-state index is 13.4. The molecule has 0 bridgehead atoms. The number of alkyl halides is 6. The van der Waals surface area contributed by atoms with Crippen LogP contribution in [0.1, 0.15) is 36.8 Å². The van der Waals surface area contributed by atoms with Crippen LogP contribution in [0.4, 0.5) is 43.4 Å². The van der Waals surface area contributed by atoms with Gasteiger partial charge in [-0.2, -0.15) is 26.3 Å². The Morgan fingerprint density at radius 1 is 0.902 bits per heavy atom. The molecule has 0 atom stereocenters. The van der Waals surface area contributed by atoms with Crippen LogP contribution in [0, 0.1) is 0 Å². The molecule has 2 fully saturated rings. The predicted octanol–water partition coefficient (Wildman–Crippen LogP) is 6.22. The van der Waals surface area contributed by atoms with E-state index in [4.69, 9.17) is 27.4 Å². The van der Waals surface area contributed by atoms with E-state index in [1.807, 2.05) is 9.80 Å². The molecule has 41 heavy (non-hydrogen) atoms. The second-order valence-electron chi connectivity index (χ2n) is 10.3. The Kier molecular flexibility index (Phi) is 9.56. The summed E-state index contributed by atoms with van der Waals surface area (Å²) in [7, 11) is 1.72. The van der Waals surface area contributed by atoms with E-state index in [-0.39, 0.29) is 18.8 Å². The van der Waals surface area contributed by atoms with Gasteiger partial charge in [-0.05, 0) is 68.1 Å². The highest BCUT2D eigenvalue weighted by molar-refractivity contribution is 7.80. The van der Waals surface area contributed by atoms with Crippen LogP contribution in [0.5, 0.6) is 0 Å². The normalized spacial score (nSPS) is 20.2. The van der Waals surface area contributed by atoms with Crippen LogP contribution in [-0.4, -0.2) is 72.3 Å². The maximum atomic E-state index is 13.4. The second kappa shape index (κ2) is 12.6. The average molecular weight is 607 g/mol. The Hall–Kier alpha value is -2.81. The molecule has 14 heteroatoms. The minimum absolute atomic E-state index is 0.00799. The standard InChI is InChI=1S/C27H32F6N4O3S/c1-34(21-8-11-24(37(38)39)23(16-21)27(31,32)33)19-6-9-22(10-7-19)40-17-25(41)36-14-12-35(13-15-36)20-4-2-18(3-5-20)26(28,29)30/h2-5,8,11,16,19,22,38-39H,6-7,9-10,12-15,17H2,1H3. The summed E-state index contributed by atoms with van der Waals surface area (Å²) >= 11 is 5.57. The Labute approximate surface area is 239 Å². The zero-order valence-corrected chi connectivity index (χ0v) is 23.1. The van der Waals surface area contributed by atoms with Crippen molar-refractivity contribution in [3.05, 3.63) is 53.6 Å². The lowest BCUT2D eigenvalue weighted by Crippen LogP contribution is -2.49. The van der Waals surface area contributed by atoms with Gasteiger partial charge in [-0.1, -0.05) is 12.2 Å². The third-order valence-electron chi connectivity index (χ3n) is 7.73. The molecule has 7 nitrogen and oxygen atoms in total. The van der Waals surface area contributed by atoms with Gasteiger partial charge < -0.3 is 19.4 Å². The fourth-order valence-electron chi connectivity index (χ4n) is 5.31. The fourth-order valence-corrected chi connectivity index (χ4v) is 5.56. The van der Waals surface area contributed by atoms with Crippen molar-refractivity contribution in [1.29, 1.82) is 0 Å². The summed E-state index contributed by atoms with van der Waals surface area (Å²) in [5, 5.41) is 17.8. The molecule has 2 N–H and O–H groups in total. The summed E-state index contributed by atoms with van der Waals surface area (Å²) in [5.74, 6) is 0. The number of benzene rings is 2. The van der Waals surface area contributed by atoms with E-state index in [0.717, 1.165) is 30.0 Å². The first-order valence-electron chi connectivity index (χ1n) is 13.2. The Morgan fingerprint density at radius 2 is 1.51 bits per heavy atom. The SMILES string of the molecule is CN(c1ccc(N(O)O)c(C(F)(F)F)c1)C1CCC(OCC(=S)N2CCN(c3ccc(C(F)(F)F)cc3)CC2)CC1. The number of thiocarbonyl (C=S) groups is 1. The molecule has 0 aromatic heterocycles. The van der Waals surface area contributed by atoms with E-state index in [2.05, 4.69) is 0 Å². The van der Waals surface area contributed by atoms with Gasteiger partial charge in [0, 0.05) is 50.6 Å². The first kappa shape index (κ1) is 31.1. The van der Waals surface area contributed by atoms with Crippen molar-refractivity contribution in [3.63, 3.8) is 0 Å². The highest BCUT2D eigenvalue weighted by Gasteiger charge is 2.36. The van der Waals surface area contributed by atoms with Crippen molar-refractivity contribution in [1.82, 2.24) is 4.90 Å². The third kappa shape index (κ3) is 7.73. The van der Waals surface area contributed by atoms with Crippen molar-refractivity contribution >= 4 is 34.3 Å². The largest absolute Gasteiger partial charge is 0.418 e. The topological polar surface area (TPSA) is 62.7 Å². The van der Waals surface area contributed by atoms with Crippen molar-refractivity contribution in [2.24, 2.45) is 0 Å². The molecule has 0 radical (unpaired) electrons. The van der Waals surface area contributed by atoms with Crippen LogP contribution < -0.4 is 15.0 Å². The van der Waals surface area contributed by atoms with Crippen molar-refractivity contribution < 1.29 is 41.5 Å². The third-order valence-corrected chi connectivity index (χ3v) is 8.11. The monoisotopic (exact) mass is 606 g/mol. The summed E-state index contributed by atoms with van der Waals surface area (Å²) in [6.07, 6.45) is -6.32. The molecule has 0 amide bonds. The minimum Gasteiger partial charge on any atom is -0.372 e. The molecule has 0 unspecified atom stereocenters. The summed E-state index contributed by atoms with van der Waals surface area (Å²) in [5.41, 5.74) is -1.51. The van der Waals surface area contributed by atoms with Gasteiger partial charge in [-0.15, -0.1) is 5.23 Å². The number of nitrogens with zero attached hydrogens (tertiary/aromatic N) is 4. The molecule has 1 aliphatic carbocycles. The quantitative estimate of drug-likeness (QED) is 0.219. The van der Waals surface area contributed by atoms with Crippen LogP contribution in [0.15, 0.2) is 42.5 Å². The van der Waals surface area contributed by atoms with E-state index < -0.39 is 34.4 Å². The first-order chi connectivity index (χ1) is 19.2. The molecule has 2 aliphatic rings. The van der Waals surface area contributed by atoms with Gasteiger partial charge in [0.05, 0.1) is 23.8 Å². The second-order valence-corrected chi connectivity index (χ2v) is 10.7. The molecular weight excluding hydrogens is 574 g/mol. The molecule has 2 aromatic rings. The van der Waals surface area contributed by atoms with Gasteiger partial charge in [-0.25, -0.2) is 0 Å². The molecule has 2 aromatic carbocycles. The van der Waals surface area contributed by atoms with Crippen LogP contribution in [0.25, 0.3) is 0 Å². The zero-order valence-electron chi connectivity index (χ0n) is 22.3. The van der Waals surface area contributed by atoms with E-state index in [1.54, 1.807) is 11.9 Å². The summed E-state index contributed by atoms with van der Waals surface area (Å²) in [4.78, 5) is 6.50. The smallest absolute Gasteiger partial charge is 0.372 e. The molecule has 1 aliphatic heterocycles. The Morgan fingerprint density at radius 3 is 2.05 bits per heavy atom. The minimum atomic E-state index is -4.76. The van der Waals surface area contributed by atoms with Crippen LogP contribution in [0.2, 0.25) is 0 Å². The number of rotatable bonds is 7. The average Bonchev–Trinajstić information content (AvgIpc) is 2.94. The van der Waals surface area contributed by atoms with Crippen molar-refractivity contribution in [3.8, 4) is 0 Å². The summed E-state index contributed by atoms with van der Waals surface area (Å²) < 4.78 is 84.8. The van der Waals surface area contributed by atoms with Gasteiger partial charge in [0.15, 0.2) is 0 Å². The predicted molar refractivity (Wildman–Crippen MR) is 146 cm³/mol. The molecule has 1 saturated heterocycles. The fraction of sp³-hybridized carbons (Fsp3) is 0.519. The molecule has 0 spiro atoms. The lowest BCUT2D eigenvalue weighted by Gasteiger charge is -2.38. The number of hydrogen-bond acceptors (Lipinski definition) is 7. The lowest BCUT2D eigenvalue weighted by molar-refractivity contribution is -0.139. The van der Waals surface area contributed by atoms with E-state index >= 15 is 0 Å². The highest BCUT2D eigenvalue weighted by Crippen LogP contribution is 2.39. The van der Waals surface area contributed by atoms with Crippen molar-refractivity contribution in [2.45, 2.75) is 50.2 Å². The highest BCUT2D eigenvalue weighted by atomic mass is 32.1. The van der Waals surface area contributed by atoms with Gasteiger partial charge in [0.2, 0.25) is 0 Å². The number of anilines is 3. The number of piperazine rings is 1. The van der Waals surface area contributed by atoms with Crippen LogP contribution in [-0.2, 0) is 17.1 Å². The van der Waals surface area contributed by atoms with Gasteiger partial charge in [-0.3, -0.25) is 10.4 Å². The molecule has 1 saturated carbocycles. The van der Waals surface area contributed by atoms with Gasteiger partial charge >= 0.3 is 12.4 Å². The number of ether oxygens (including phenoxy) is 1. The maximum Gasteiger partial charge on any atom is 0.418 e. The molecule has 1 heterocycles. The van der Waals surface area contributed by atoms with Crippen molar-refractivity contribution in [2.75, 3.05) is 54.9 Å². The zero-order chi connectivity index (χ0) is 29.9. The van der Waals surface area contributed by atoms with E-state index in [1.165, 1.54) is 18.2 Å². The summed E-state index contributed by atoms with van der Waals surface area (Å²) in [6, 6.07) is 8.48. The van der Waals surface area contributed by atoms with E-state index in [0.29, 0.717) is 62.5 Å². The van der Waals surface area contributed by atoms with Gasteiger partial charge in [0.1, 0.15) is 10.7 Å². The first-order valence-corrected chi connectivity index (χ1v) is 13.6. The van der Waals surface area contributed by atoms with Crippen LogP contribution >= 0.6 is 12.2 Å². The van der Waals surface area contributed by atoms with Crippen LogP contribution in [0.3, 0.4) is 0 Å². The molecule has 4 rings (SSSR count). The van der Waals surface area contributed by atoms with Gasteiger partial charge in [0.25, 0.3) is 0 Å². The summed E-state index contributed by atoms with van der Waals surface area (Å²) in [6.45, 7) is 2.77. The molecular formula is C27H32F6N4O3S. The number of halogens is 6. The number of hydrogen-bond donors (Lipinski definition) is 2. The molecule has 226 valence electrons. The Bertz CT molecular complexity index is 1180. The van der Waals surface area contributed by atoms with E-state index in [9.17, 15) is 26.3 Å². The lowest BCUT2D eigenvalue weighted by atomic mass is 9.91.